The predicted molar refractivity (Wildman–Crippen MR) is 58.5 cm³/mol. The number of likely N-dealkylation sites (N-methyl/N-ethyl adjacent to an activating group) is 1. The van der Waals surface area contributed by atoms with Crippen LogP contribution in [0, 0.1) is 0 Å². The summed E-state index contributed by atoms with van der Waals surface area (Å²) < 4.78 is 5.06. The van der Waals surface area contributed by atoms with E-state index in [4.69, 9.17) is 4.74 Å². The lowest BCUT2D eigenvalue weighted by molar-refractivity contribution is 0.0781. The maximum absolute atomic E-state index is 12.0. The second-order valence-electron chi connectivity index (χ2n) is 3.85. The number of hydrogen-bond donors (Lipinski definition) is 0. The third-order valence-electron chi connectivity index (χ3n) is 2.54. The highest BCUT2D eigenvalue weighted by Crippen LogP contribution is 2.13. The average Bonchev–Trinajstić information content (AvgIpc) is 3.11. The zero-order valence-corrected chi connectivity index (χ0v) is 9.05. The number of carbonyl (C=O) groups excluding carboxylic acids is 2. The number of carbonyl (C=O) groups is 2. The van der Waals surface area contributed by atoms with Crippen molar-refractivity contribution in [3.63, 3.8) is 0 Å². The summed E-state index contributed by atoms with van der Waals surface area (Å²) in [6.45, 7) is 1.29. The van der Waals surface area contributed by atoms with Gasteiger partial charge >= 0.3 is 0 Å². The molecule has 0 spiro atoms. The SMILES string of the molecule is CN(CC1CO1)C(=O)c1ccccc1C=O. The average molecular weight is 219 g/mol. The summed E-state index contributed by atoms with van der Waals surface area (Å²) >= 11 is 0. The molecule has 0 N–H and O–H groups in total. The molecule has 1 amide bonds. The number of benzene rings is 1. The predicted octanol–water partition coefficient (Wildman–Crippen LogP) is 0.970. The minimum absolute atomic E-state index is 0.141. The highest BCUT2D eigenvalue weighted by atomic mass is 16.6. The molecule has 1 atom stereocenters. The maximum Gasteiger partial charge on any atom is 0.254 e. The Morgan fingerprint density at radius 2 is 2.25 bits per heavy atom. The van der Waals surface area contributed by atoms with Crippen LogP contribution >= 0.6 is 0 Å². The number of hydrogen-bond acceptors (Lipinski definition) is 3. The molecule has 1 aliphatic heterocycles. The van der Waals surface area contributed by atoms with Gasteiger partial charge in [0.05, 0.1) is 18.3 Å². The van der Waals surface area contributed by atoms with Crippen LogP contribution in [0.25, 0.3) is 0 Å². The van der Waals surface area contributed by atoms with E-state index in [1.807, 2.05) is 0 Å². The molecule has 0 bridgehead atoms. The van der Waals surface area contributed by atoms with Crippen molar-refractivity contribution < 1.29 is 14.3 Å². The summed E-state index contributed by atoms with van der Waals surface area (Å²) in [7, 11) is 1.71. The Morgan fingerprint density at radius 1 is 1.56 bits per heavy atom. The van der Waals surface area contributed by atoms with Crippen LogP contribution in [0.1, 0.15) is 20.7 Å². The van der Waals surface area contributed by atoms with Crippen molar-refractivity contribution in [1.29, 1.82) is 0 Å². The van der Waals surface area contributed by atoms with Crippen LogP contribution in [0.5, 0.6) is 0 Å². The Bertz CT molecular complexity index is 412. The van der Waals surface area contributed by atoms with Crippen molar-refractivity contribution in [2.45, 2.75) is 6.10 Å². The lowest BCUT2D eigenvalue weighted by Gasteiger charge is -2.16. The minimum atomic E-state index is -0.141. The fourth-order valence-corrected chi connectivity index (χ4v) is 1.56. The van der Waals surface area contributed by atoms with Crippen LogP contribution in [-0.4, -0.2) is 43.4 Å². The summed E-state index contributed by atoms with van der Waals surface area (Å²) in [6, 6.07) is 6.80. The Morgan fingerprint density at radius 3 is 2.88 bits per heavy atom. The van der Waals surface area contributed by atoms with Gasteiger partial charge in [-0.25, -0.2) is 0 Å². The van der Waals surface area contributed by atoms with Gasteiger partial charge in [0, 0.05) is 19.2 Å². The molecule has 1 unspecified atom stereocenters. The van der Waals surface area contributed by atoms with Crippen LogP contribution in [0.4, 0.5) is 0 Å². The molecule has 4 nitrogen and oxygen atoms in total. The standard InChI is InChI=1S/C12H13NO3/c1-13(6-10-8-16-10)12(15)11-5-3-2-4-9(11)7-14/h2-5,7,10H,6,8H2,1H3. The fraction of sp³-hybridized carbons (Fsp3) is 0.333. The second-order valence-corrected chi connectivity index (χ2v) is 3.85. The van der Waals surface area contributed by atoms with Gasteiger partial charge in [-0.3, -0.25) is 9.59 Å². The van der Waals surface area contributed by atoms with Gasteiger partial charge < -0.3 is 9.64 Å². The molecule has 1 aromatic rings. The van der Waals surface area contributed by atoms with Gasteiger partial charge in [-0.15, -0.1) is 0 Å². The molecular weight excluding hydrogens is 206 g/mol. The van der Waals surface area contributed by atoms with Crippen molar-refractivity contribution in [1.82, 2.24) is 4.90 Å². The zero-order valence-electron chi connectivity index (χ0n) is 9.05. The van der Waals surface area contributed by atoms with Crippen LogP contribution in [0.15, 0.2) is 24.3 Å². The quantitative estimate of drug-likeness (QED) is 0.560. The molecule has 16 heavy (non-hydrogen) atoms. The molecule has 0 aromatic heterocycles. The molecule has 1 aromatic carbocycles. The number of rotatable bonds is 4. The monoisotopic (exact) mass is 219 g/mol. The fourth-order valence-electron chi connectivity index (χ4n) is 1.56. The second kappa shape index (κ2) is 4.45. The summed E-state index contributed by atoms with van der Waals surface area (Å²) in [5, 5.41) is 0. The zero-order chi connectivity index (χ0) is 11.5. The normalized spacial score (nSPS) is 17.9. The summed E-state index contributed by atoms with van der Waals surface area (Å²) in [4.78, 5) is 24.4. The van der Waals surface area contributed by atoms with E-state index in [1.54, 1.807) is 36.2 Å². The Kier molecular flexibility index (Phi) is 3.01. The molecule has 84 valence electrons. The van der Waals surface area contributed by atoms with Crippen molar-refractivity contribution in [2.24, 2.45) is 0 Å². The Hall–Kier alpha value is -1.68. The van der Waals surface area contributed by atoms with Gasteiger partial charge in [-0.2, -0.15) is 0 Å². The summed E-state index contributed by atoms with van der Waals surface area (Å²) in [5.41, 5.74) is 0.872. The van der Waals surface area contributed by atoms with E-state index in [0.717, 1.165) is 0 Å². The number of epoxide rings is 1. The van der Waals surface area contributed by atoms with Gasteiger partial charge in [0.1, 0.15) is 0 Å². The molecule has 1 fully saturated rings. The topological polar surface area (TPSA) is 49.9 Å². The molecule has 1 heterocycles. The first-order valence-corrected chi connectivity index (χ1v) is 5.13. The van der Waals surface area contributed by atoms with Crippen molar-refractivity contribution in [3.8, 4) is 0 Å². The molecule has 2 rings (SSSR count). The van der Waals surface area contributed by atoms with E-state index >= 15 is 0 Å². The van der Waals surface area contributed by atoms with Gasteiger partial charge in [0.15, 0.2) is 6.29 Å². The first kappa shape index (κ1) is 10.8. The van der Waals surface area contributed by atoms with E-state index in [1.165, 1.54) is 0 Å². The van der Waals surface area contributed by atoms with Crippen LogP contribution in [-0.2, 0) is 4.74 Å². The molecule has 0 radical (unpaired) electrons. The van der Waals surface area contributed by atoms with Crippen molar-refractivity contribution in [3.05, 3.63) is 35.4 Å². The van der Waals surface area contributed by atoms with Crippen molar-refractivity contribution >= 4 is 12.2 Å². The molecule has 1 saturated heterocycles. The first-order chi connectivity index (χ1) is 7.72. The number of amides is 1. The number of ether oxygens (including phenoxy) is 1. The van der Waals surface area contributed by atoms with Crippen LogP contribution < -0.4 is 0 Å². The number of nitrogens with zero attached hydrogens (tertiary/aromatic N) is 1. The lowest BCUT2D eigenvalue weighted by atomic mass is 10.1. The van der Waals surface area contributed by atoms with Gasteiger partial charge in [-0.05, 0) is 6.07 Å². The van der Waals surface area contributed by atoms with Crippen LogP contribution in [0.2, 0.25) is 0 Å². The maximum atomic E-state index is 12.0. The van der Waals surface area contributed by atoms with Crippen LogP contribution in [0.3, 0.4) is 0 Å². The van der Waals surface area contributed by atoms with E-state index in [9.17, 15) is 9.59 Å². The van der Waals surface area contributed by atoms with E-state index in [2.05, 4.69) is 0 Å². The summed E-state index contributed by atoms with van der Waals surface area (Å²) in [6.07, 6.45) is 0.867. The highest BCUT2D eigenvalue weighted by Gasteiger charge is 2.26. The minimum Gasteiger partial charge on any atom is -0.371 e. The Labute approximate surface area is 93.8 Å². The highest BCUT2D eigenvalue weighted by molar-refractivity contribution is 6.01. The van der Waals surface area contributed by atoms with E-state index in [-0.39, 0.29) is 12.0 Å². The third-order valence-corrected chi connectivity index (χ3v) is 2.54. The lowest BCUT2D eigenvalue weighted by Crippen LogP contribution is -2.31. The molecule has 0 saturated carbocycles. The molecule has 4 heteroatoms. The van der Waals surface area contributed by atoms with Gasteiger partial charge in [0.25, 0.3) is 5.91 Å². The van der Waals surface area contributed by atoms with Crippen molar-refractivity contribution in [2.75, 3.05) is 20.2 Å². The first-order valence-electron chi connectivity index (χ1n) is 5.13. The number of aldehydes is 1. The smallest absolute Gasteiger partial charge is 0.254 e. The summed E-state index contributed by atoms with van der Waals surface area (Å²) in [5.74, 6) is -0.141. The third kappa shape index (κ3) is 2.28. The molecule has 0 aliphatic carbocycles. The van der Waals surface area contributed by atoms with E-state index < -0.39 is 0 Å². The Balaban J connectivity index is 2.14. The molecular formula is C12H13NO3. The van der Waals surface area contributed by atoms with Gasteiger partial charge in [0.2, 0.25) is 0 Å². The molecule has 1 aliphatic rings. The van der Waals surface area contributed by atoms with Gasteiger partial charge in [-0.1, -0.05) is 18.2 Å². The van der Waals surface area contributed by atoms with E-state index in [0.29, 0.717) is 30.6 Å². The largest absolute Gasteiger partial charge is 0.371 e.